The third-order valence-electron chi connectivity index (χ3n) is 8.99. The summed E-state index contributed by atoms with van der Waals surface area (Å²) in [6.45, 7) is 2.78. The fourth-order valence-electron chi connectivity index (χ4n) is 6.95. The number of nitrogens with zero attached hydrogens (tertiary/aromatic N) is 2. The molecular formula is C29H40N4O2. The van der Waals surface area contributed by atoms with E-state index in [0.717, 1.165) is 48.7 Å². The highest BCUT2D eigenvalue weighted by molar-refractivity contribution is 5.99. The summed E-state index contributed by atoms with van der Waals surface area (Å²) in [5, 5.41) is 4.18. The first-order valence-electron chi connectivity index (χ1n) is 13.7. The second-order valence-electron chi connectivity index (χ2n) is 11.2. The average Bonchev–Trinajstić information content (AvgIpc) is 3.34. The summed E-state index contributed by atoms with van der Waals surface area (Å²) in [4.78, 5) is 33.9. The lowest BCUT2D eigenvalue weighted by molar-refractivity contribution is -0.142. The number of hydrogen-bond donors (Lipinski definition) is 2. The van der Waals surface area contributed by atoms with Gasteiger partial charge in [0.1, 0.15) is 6.04 Å². The van der Waals surface area contributed by atoms with Gasteiger partial charge in [0.25, 0.3) is 0 Å². The van der Waals surface area contributed by atoms with Gasteiger partial charge in [-0.2, -0.15) is 0 Å². The molecule has 1 saturated heterocycles. The average molecular weight is 477 g/mol. The number of anilines is 1. The molecule has 35 heavy (non-hydrogen) atoms. The van der Waals surface area contributed by atoms with Crippen molar-refractivity contribution in [2.45, 2.75) is 83.2 Å². The first kappa shape index (κ1) is 24.2. The predicted octanol–water partition coefficient (Wildman–Crippen LogP) is 5.12. The van der Waals surface area contributed by atoms with E-state index >= 15 is 0 Å². The minimum absolute atomic E-state index is 0.0251. The van der Waals surface area contributed by atoms with Crippen molar-refractivity contribution >= 4 is 28.4 Å². The molecule has 2 saturated carbocycles. The molecular weight excluding hydrogens is 436 g/mol. The second-order valence-corrected chi connectivity index (χ2v) is 11.2. The number of rotatable bonds is 5. The summed E-state index contributed by atoms with van der Waals surface area (Å²) in [7, 11) is 0. The standard InChI is InChI=1S/C29H40N4O2/c1-19(30)20-9-11-22(12-10-20)29(35)33-17-15-25(21-6-3-2-4-7-21)27(33)28(34)32-24-13-14-26-23(18-24)8-5-16-31-26/h5,8,13-14,16,18-22,25,27H,2-4,6-7,9-12,15,17,30H2,1H3,(H,32,34)/t19?,20?,22?,25?,27-/m0/s1. The van der Waals surface area contributed by atoms with Crippen molar-refractivity contribution in [3.05, 3.63) is 36.5 Å². The molecule has 2 heterocycles. The molecule has 1 aromatic heterocycles. The molecule has 188 valence electrons. The molecule has 2 amide bonds. The summed E-state index contributed by atoms with van der Waals surface area (Å²) < 4.78 is 0. The monoisotopic (exact) mass is 476 g/mol. The molecule has 2 aliphatic carbocycles. The van der Waals surface area contributed by atoms with E-state index in [1.165, 1.54) is 32.1 Å². The van der Waals surface area contributed by atoms with Crippen LogP contribution in [0.4, 0.5) is 5.69 Å². The van der Waals surface area contributed by atoms with E-state index in [9.17, 15) is 9.59 Å². The number of fused-ring (bicyclic) bond motifs is 1. The van der Waals surface area contributed by atoms with Gasteiger partial charge < -0.3 is 16.0 Å². The number of benzene rings is 1. The van der Waals surface area contributed by atoms with Crippen LogP contribution in [0.1, 0.15) is 71.1 Å². The van der Waals surface area contributed by atoms with Crippen LogP contribution in [0.15, 0.2) is 36.5 Å². The highest BCUT2D eigenvalue weighted by Gasteiger charge is 2.46. The van der Waals surface area contributed by atoms with Gasteiger partial charge in [-0.15, -0.1) is 0 Å². The molecule has 1 aromatic carbocycles. The predicted molar refractivity (Wildman–Crippen MR) is 140 cm³/mol. The van der Waals surface area contributed by atoms with Crippen LogP contribution in [0.25, 0.3) is 10.9 Å². The largest absolute Gasteiger partial charge is 0.330 e. The zero-order valence-electron chi connectivity index (χ0n) is 21.0. The molecule has 1 aliphatic heterocycles. The van der Waals surface area contributed by atoms with E-state index in [4.69, 9.17) is 5.73 Å². The van der Waals surface area contributed by atoms with Gasteiger partial charge in [-0.3, -0.25) is 14.6 Å². The molecule has 0 radical (unpaired) electrons. The van der Waals surface area contributed by atoms with Crippen molar-refractivity contribution in [1.29, 1.82) is 0 Å². The number of amides is 2. The van der Waals surface area contributed by atoms with Gasteiger partial charge in [-0.25, -0.2) is 0 Å². The summed E-state index contributed by atoms with van der Waals surface area (Å²) in [5.74, 6) is 1.48. The molecule has 3 fully saturated rings. The van der Waals surface area contributed by atoms with Crippen LogP contribution in [0.5, 0.6) is 0 Å². The summed E-state index contributed by atoms with van der Waals surface area (Å²) >= 11 is 0. The molecule has 5 rings (SSSR count). The maximum absolute atomic E-state index is 13.8. The second kappa shape index (κ2) is 10.7. The van der Waals surface area contributed by atoms with Crippen molar-refractivity contribution in [2.24, 2.45) is 29.4 Å². The van der Waals surface area contributed by atoms with Gasteiger partial charge in [0.15, 0.2) is 0 Å². The Labute approximate surface area is 209 Å². The van der Waals surface area contributed by atoms with E-state index in [-0.39, 0.29) is 35.7 Å². The number of hydrogen-bond acceptors (Lipinski definition) is 4. The molecule has 3 atom stereocenters. The summed E-state index contributed by atoms with van der Waals surface area (Å²) in [5.41, 5.74) is 7.81. The molecule has 3 N–H and O–H groups in total. The lowest BCUT2D eigenvalue weighted by atomic mass is 9.76. The van der Waals surface area contributed by atoms with E-state index in [2.05, 4.69) is 17.2 Å². The SMILES string of the molecule is CC(N)C1CCC(C(=O)N2CCC(C3CCCCC3)[C@H]2C(=O)Nc2ccc3ncccc3c2)CC1. The van der Waals surface area contributed by atoms with Crippen molar-refractivity contribution in [2.75, 3.05) is 11.9 Å². The lowest BCUT2D eigenvalue weighted by Crippen LogP contribution is -2.50. The quantitative estimate of drug-likeness (QED) is 0.627. The van der Waals surface area contributed by atoms with Gasteiger partial charge in [0.05, 0.1) is 5.52 Å². The maximum Gasteiger partial charge on any atom is 0.247 e. The van der Waals surface area contributed by atoms with Gasteiger partial charge in [-0.1, -0.05) is 38.2 Å². The molecule has 0 bridgehead atoms. The van der Waals surface area contributed by atoms with Gasteiger partial charge >= 0.3 is 0 Å². The molecule has 2 unspecified atom stereocenters. The van der Waals surface area contributed by atoms with Gasteiger partial charge in [0.2, 0.25) is 11.8 Å². The smallest absolute Gasteiger partial charge is 0.247 e. The van der Waals surface area contributed by atoms with Crippen LogP contribution < -0.4 is 11.1 Å². The van der Waals surface area contributed by atoms with Gasteiger partial charge in [0, 0.05) is 35.8 Å². The van der Waals surface area contributed by atoms with Crippen molar-refractivity contribution in [1.82, 2.24) is 9.88 Å². The number of likely N-dealkylation sites (tertiary alicyclic amines) is 1. The fourth-order valence-corrected chi connectivity index (χ4v) is 6.95. The van der Waals surface area contributed by atoms with Crippen molar-refractivity contribution < 1.29 is 9.59 Å². The Morgan fingerprint density at radius 1 is 1.03 bits per heavy atom. The minimum atomic E-state index is -0.374. The Bertz CT molecular complexity index is 1040. The molecule has 3 aliphatic rings. The van der Waals surface area contributed by atoms with Crippen LogP contribution >= 0.6 is 0 Å². The Kier molecular flexibility index (Phi) is 7.37. The third-order valence-corrected chi connectivity index (χ3v) is 8.99. The number of pyridine rings is 1. The van der Waals surface area contributed by atoms with E-state index in [1.807, 2.05) is 35.2 Å². The zero-order valence-corrected chi connectivity index (χ0v) is 21.0. The maximum atomic E-state index is 13.8. The molecule has 2 aromatic rings. The van der Waals surface area contributed by atoms with Crippen molar-refractivity contribution in [3.8, 4) is 0 Å². The lowest BCUT2D eigenvalue weighted by Gasteiger charge is -2.36. The number of aromatic nitrogens is 1. The fraction of sp³-hybridized carbons (Fsp3) is 0.621. The minimum Gasteiger partial charge on any atom is -0.330 e. The topological polar surface area (TPSA) is 88.3 Å². The number of carbonyl (C=O) groups excluding carboxylic acids is 2. The molecule has 0 spiro atoms. The Balaban J connectivity index is 1.35. The Hall–Kier alpha value is -2.47. The Morgan fingerprint density at radius 2 is 1.80 bits per heavy atom. The zero-order chi connectivity index (χ0) is 24.4. The Morgan fingerprint density at radius 3 is 2.54 bits per heavy atom. The highest BCUT2D eigenvalue weighted by Crippen LogP contribution is 2.41. The third kappa shape index (κ3) is 5.23. The van der Waals surface area contributed by atoms with E-state index in [1.54, 1.807) is 6.20 Å². The van der Waals surface area contributed by atoms with E-state index in [0.29, 0.717) is 18.4 Å². The normalized spacial score (nSPS) is 28.7. The van der Waals surface area contributed by atoms with Crippen LogP contribution in [-0.4, -0.2) is 40.3 Å². The number of nitrogens with two attached hydrogens (primary N) is 1. The summed E-state index contributed by atoms with van der Waals surface area (Å²) in [6.07, 6.45) is 12.6. The summed E-state index contributed by atoms with van der Waals surface area (Å²) in [6, 6.07) is 9.56. The number of nitrogens with one attached hydrogen (secondary N) is 1. The van der Waals surface area contributed by atoms with Crippen LogP contribution in [0, 0.1) is 23.7 Å². The first-order chi connectivity index (χ1) is 17.0. The van der Waals surface area contributed by atoms with Gasteiger partial charge in [-0.05, 0) is 81.0 Å². The van der Waals surface area contributed by atoms with Crippen LogP contribution in [0.2, 0.25) is 0 Å². The highest BCUT2D eigenvalue weighted by atomic mass is 16.2. The van der Waals surface area contributed by atoms with Crippen LogP contribution in [0.3, 0.4) is 0 Å². The van der Waals surface area contributed by atoms with Crippen molar-refractivity contribution in [3.63, 3.8) is 0 Å². The first-order valence-corrected chi connectivity index (χ1v) is 13.7. The van der Waals surface area contributed by atoms with E-state index < -0.39 is 0 Å². The molecule has 6 nitrogen and oxygen atoms in total. The van der Waals surface area contributed by atoms with Crippen LogP contribution in [-0.2, 0) is 9.59 Å². The number of carbonyl (C=O) groups is 2. The molecule has 6 heteroatoms.